The molecule has 1 aliphatic rings. The van der Waals surface area contributed by atoms with Gasteiger partial charge in [-0.05, 0) is 166 Å². The Labute approximate surface area is 413 Å². The van der Waals surface area contributed by atoms with Gasteiger partial charge in [0.25, 0.3) is 0 Å². The molecule has 4 aromatic rings. The van der Waals surface area contributed by atoms with Crippen molar-refractivity contribution in [1.29, 1.82) is 0 Å². The van der Waals surface area contributed by atoms with Crippen molar-refractivity contribution in [3.8, 4) is 23.0 Å². The molecule has 1 aliphatic carbocycles. The summed E-state index contributed by atoms with van der Waals surface area (Å²) >= 11 is 0. The van der Waals surface area contributed by atoms with Crippen LogP contribution in [0, 0.1) is 0 Å². The quantitative estimate of drug-likeness (QED) is 0.0566. The lowest BCUT2D eigenvalue weighted by Crippen LogP contribution is -2.18. The Balaban J connectivity index is 1.99. The molecular formula is C60H92N4O4. The van der Waals surface area contributed by atoms with Crippen LogP contribution in [0.4, 0.5) is 0 Å². The molecule has 8 heteroatoms. The maximum atomic E-state index is 7.09. The summed E-state index contributed by atoms with van der Waals surface area (Å²) in [6.45, 7) is 32.6. The van der Waals surface area contributed by atoms with Crippen molar-refractivity contribution in [3.05, 3.63) is 115 Å². The van der Waals surface area contributed by atoms with Crippen LogP contribution in [0.25, 0.3) is 0 Å². The van der Waals surface area contributed by atoms with Crippen LogP contribution < -0.4 is 41.9 Å². The molecule has 0 saturated carbocycles. The number of fused-ring (bicyclic) bond motifs is 8. The van der Waals surface area contributed by atoms with Crippen LogP contribution in [-0.2, 0) is 47.3 Å². The minimum atomic E-state index is -0.129. The Morgan fingerprint density at radius 1 is 0.294 bits per heavy atom. The highest BCUT2D eigenvalue weighted by Gasteiger charge is 2.29. The Morgan fingerprint density at radius 3 is 0.588 bits per heavy atom. The van der Waals surface area contributed by atoms with E-state index in [-0.39, 0.29) is 21.7 Å². The lowest BCUT2D eigenvalue weighted by atomic mass is 9.79. The first-order chi connectivity index (χ1) is 32.1. The zero-order valence-corrected chi connectivity index (χ0v) is 44.7. The van der Waals surface area contributed by atoms with Crippen LogP contribution in [0.3, 0.4) is 0 Å². The number of hydrogen-bond acceptors (Lipinski definition) is 8. The second kappa shape index (κ2) is 24.2. The Kier molecular flexibility index (Phi) is 19.5. The van der Waals surface area contributed by atoms with E-state index in [4.69, 9.17) is 41.9 Å². The molecule has 0 unspecified atom stereocenters. The molecule has 0 spiro atoms. The summed E-state index contributed by atoms with van der Waals surface area (Å²) in [7, 11) is 0. The van der Waals surface area contributed by atoms with E-state index in [1.54, 1.807) is 0 Å². The highest BCUT2D eigenvalue weighted by Crippen LogP contribution is 2.44. The van der Waals surface area contributed by atoms with Gasteiger partial charge in [-0.2, -0.15) is 0 Å². The molecule has 4 aromatic carbocycles. The molecule has 8 N–H and O–H groups in total. The van der Waals surface area contributed by atoms with Crippen molar-refractivity contribution in [3.63, 3.8) is 0 Å². The van der Waals surface area contributed by atoms with Gasteiger partial charge < -0.3 is 41.9 Å². The lowest BCUT2D eigenvalue weighted by molar-refractivity contribution is 0.295. The van der Waals surface area contributed by atoms with E-state index in [0.29, 0.717) is 78.3 Å². The molecule has 0 amide bonds. The number of hydrogen-bond donors (Lipinski definition) is 4. The van der Waals surface area contributed by atoms with E-state index in [1.807, 2.05) is 0 Å². The van der Waals surface area contributed by atoms with Gasteiger partial charge in [-0.1, -0.05) is 132 Å². The fourth-order valence-corrected chi connectivity index (χ4v) is 9.04. The molecule has 8 nitrogen and oxygen atoms in total. The maximum absolute atomic E-state index is 7.09. The van der Waals surface area contributed by atoms with Gasteiger partial charge in [0.05, 0.1) is 26.4 Å². The molecule has 0 radical (unpaired) electrons. The van der Waals surface area contributed by atoms with Crippen molar-refractivity contribution >= 4 is 0 Å². The summed E-state index contributed by atoms with van der Waals surface area (Å²) in [4.78, 5) is 0. The van der Waals surface area contributed by atoms with Crippen LogP contribution in [-0.4, -0.2) is 52.6 Å². The van der Waals surface area contributed by atoms with Crippen LogP contribution >= 0.6 is 0 Å². The van der Waals surface area contributed by atoms with Crippen molar-refractivity contribution in [1.82, 2.24) is 0 Å². The van der Waals surface area contributed by atoms with Gasteiger partial charge in [-0.3, -0.25) is 0 Å². The largest absolute Gasteiger partial charge is 0.493 e. The predicted molar refractivity (Wildman–Crippen MR) is 287 cm³/mol. The maximum Gasteiger partial charge on any atom is 0.126 e. The third-order valence-electron chi connectivity index (χ3n) is 13.3. The number of unbranched alkanes of at least 4 members (excludes halogenated alkanes) is 4. The molecule has 0 fully saturated rings. The number of rotatable bonds is 20. The summed E-state index contributed by atoms with van der Waals surface area (Å²) in [5.41, 5.74) is 38.1. The van der Waals surface area contributed by atoms with Crippen LogP contribution in [0.5, 0.6) is 23.0 Å². The minimum absolute atomic E-state index is 0.129. The third-order valence-corrected chi connectivity index (χ3v) is 13.3. The number of ether oxygens (including phenoxy) is 4. The van der Waals surface area contributed by atoms with Crippen molar-refractivity contribution < 1.29 is 18.9 Å². The Hall–Kier alpha value is -4.08. The van der Waals surface area contributed by atoms with E-state index in [2.05, 4.69) is 132 Å². The molecule has 376 valence electrons. The van der Waals surface area contributed by atoms with Gasteiger partial charge in [0.2, 0.25) is 0 Å². The smallest absolute Gasteiger partial charge is 0.126 e. The first-order valence-corrected chi connectivity index (χ1v) is 26.1. The molecule has 0 saturated heterocycles. The summed E-state index contributed by atoms with van der Waals surface area (Å²) in [5, 5.41) is 0. The number of nitrogens with two attached hydrogens (primary N) is 4. The molecule has 8 bridgehead atoms. The van der Waals surface area contributed by atoms with Crippen LogP contribution in [0.1, 0.15) is 201 Å². The molecule has 0 aliphatic heterocycles. The fourth-order valence-electron chi connectivity index (χ4n) is 9.04. The zero-order valence-electron chi connectivity index (χ0n) is 44.7. The van der Waals surface area contributed by atoms with Gasteiger partial charge in [0.1, 0.15) is 23.0 Å². The number of benzene rings is 4. The second-order valence-electron chi connectivity index (χ2n) is 23.6. The molecule has 0 heterocycles. The lowest BCUT2D eigenvalue weighted by Gasteiger charge is -2.29. The molecule has 0 aromatic heterocycles. The average molecular weight is 933 g/mol. The van der Waals surface area contributed by atoms with Gasteiger partial charge in [0.15, 0.2) is 0 Å². The topological polar surface area (TPSA) is 141 Å². The van der Waals surface area contributed by atoms with Gasteiger partial charge in [-0.15, -0.1) is 0 Å². The van der Waals surface area contributed by atoms with E-state index < -0.39 is 0 Å². The highest BCUT2D eigenvalue weighted by atomic mass is 16.5. The first-order valence-electron chi connectivity index (χ1n) is 26.1. The van der Waals surface area contributed by atoms with Gasteiger partial charge in [-0.25, -0.2) is 0 Å². The minimum Gasteiger partial charge on any atom is -0.493 e. The predicted octanol–water partition coefficient (Wildman–Crippen LogP) is 12.0. The molecule has 68 heavy (non-hydrogen) atoms. The summed E-state index contributed by atoms with van der Waals surface area (Å²) in [6, 6.07) is 19.2. The van der Waals surface area contributed by atoms with E-state index >= 15 is 0 Å². The van der Waals surface area contributed by atoms with Gasteiger partial charge >= 0.3 is 0 Å². The molecule has 5 rings (SSSR count). The summed E-state index contributed by atoms with van der Waals surface area (Å²) < 4.78 is 28.4. The van der Waals surface area contributed by atoms with Crippen LogP contribution in [0.2, 0.25) is 0 Å². The zero-order chi connectivity index (χ0) is 49.9. The Morgan fingerprint density at radius 2 is 0.456 bits per heavy atom. The monoisotopic (exact) mass is 933 g/mol. The summed E-state index contributed by atoms with van der Waals surface area (Å²) in [5.74, 6) is 3.79. The Bertz CT molecular complexity index is 1840. The molecule has 0 atom stereocenters. The SMILES string of the molecule is CC(C)(C)c1cc2c(OCCCCN)c(c1)Cc1cc(C(C)(C)C)cc(c1OCCCCN)Cc1cc(C(C)(C)C)cc(c1OCCCCN)Cc1cc(C(C)(C)C)cc(c1OCCCCN)C2. The van der Waals surface area contributed by atoms with E-state index in [9.17, 15) is 0 Å². The third kappa shape index (κ3) is 15.0. The van der Waals surface area contributed by atoms with Gasteiger partial charge in [0, 0.05) is 25.7 Å². The van der Waals surface area contributed by atoms with Crippen molar-refractivity contribution in [2.75, 3.05) is 52.6 Å². The second-order valence-corrected chi connectivity index (χ2v) is 23.6. The first kappa shape index (κ1) is 54.9. The van der Waals surface area contributed by atoms with E-state index in [0.717, 1.165) is 119 Å². The summed E-state index contributed by atoms with van der Waals surface area (Å²) in [6.07, 6.45) is 9.64. The van der Waals surface area contributed by atoms with Crippen molar-refractivity contribution in [2.24, 2.45) is 22.9 Å². The standard InChI is InChI=1S/C60H92N4O4/c1-57(2,3)49-33-41-29-43-35-50(58(4,5)6)37-45(54(43)66-26-18-14-22-62)31-47-39-52(60(10,11)12)40-48(56(47)68-28-20-16-24-64)32-46-38-51(59(7,8)9)36-44(55(46)67-27-19-15-23-63)30-42(34-49)53(41)65-25-17-13-21-61/h33-40H,13-32,61-64H2,1-12H3. The molecular weight excluding hydrogens is 841 g/mol. The normalized spacial score (nSPS) is 13.4. The van der Waals surface area contributed by atoms with E-state index in [1.165, 1.54) is 22.3 Å². The van der Waals surface area contributed by atoms with Crippen LogP contribution in [0.15, 0.2) is 48.5 Å². The fraction of sp³-hybridized carbons (Fsp3) is 0.600. The van der Waals surface area contributed by atoms with Crippen molar-refractivity contribution in [2.45, 2.75) is 182 Å². The average Bonchev–Trinajstić information content (AvgIpc) is 3.24. The highest BCUT2D eigenvalue weighted by molar-refractivity contribution is 5.60.